The number of aromatic nitrogens is 2. The van der Waals surface area contributed by atoms with Gasteiger partial charge in [-0.15, -0.1) is 0 Å². The maximum Gasteiger partial charge on any atom is 0.335 e. The Labute approximate surface area is 164 Å². The van der Waals surface area contributed by atoms with Crippen molar-refractivity contribution < 1.29 is 9.90 Å². The van der Waals surface area contributed by atoms with Crippen LogP contribution in [0.5, 0.6) is 0 Å². The van der Waals surface area contributed by atoms with Gasteiger partial charge >= 0.3 is 5.97 Å². The van der Waals surface area contributed by atoms with Crippen LogP contribution in [0.15, 0.2) is 73.1 Å². The van der Waals surface area contributed by atoms with E-state index in [-0.39, 0.29) is 5.56 Å². The molecule has 6 heteroatoms. The van der Waals surface area contributed by atoms with Crippen LogP contribution in [0, 0.1) is 0 Å². The van der Waals surface area contributed by atoms with Crippen molar-refractivity contribution in [3.05, 3.63) is 90.0 Å². The number of carbonyl (C=O) groups is 1. The fourth-order valence-corrected chi connectivity index (χ4v) is 2.93. The van der Waals surface area contributed by atoms with E-state index in [1.165, 1.54) is 0 Å². The van der Waals surface area contributed by atoms with Crippen molar-refractivity contribution in [1.29, 1.82) is 0 Å². The highest BCUT2D eigenvalue weighted by Gasteiger charge is 2.08. The molecular weight excluding hydrogens is 352 g/mol. The number of aromatic carboxylic acids is 1. The van der Waals surface area contributed by atoms with Crippen molar-refractivity contribution in [1.82, 2.24) is 14.9 Å². The molecule has 0 bridgehead atoms. The summed E-state index contributed by atoms with van der Waals surface area (Å²) in [5, 5.41) is 12.4. The van der Waals surface area contributed by atoms with Crippen molar-refractivity contribution in [3.8, 4) is 0 Å². The summed E-state index contributed by atoms with van der Waals surface area (Å²) in [6.07, 6.45) is 4.49. The molecule has 28 heavy (non-hydrogen) atoms. The monoisotopic (exact) mass is 376 g/mol. The number of nitrogens with zero attached hydrogens (tertiary/aromatic N) is 3. The minimum absolute atomic E-state index is 0.283. The summed E-state index contributed by atoms with van der Waals surface area (Å²) >= 11 is 0. The number of pyridine rings is 2. The molecule has 0 aliphatic heterocycles. The summed E-state index contributed by atoms with van der Waals surface area (Å²) in [6.45, 7) is 3.13. The van der Waals surface area contributed by atoms with Crippen LogP contribution in [0.2, 0.25) is 0 Å². The summed E-state index contributed by atoms with van der Waals surface area (Å²) in [4.78, 5) is 22.3. The van der Waals surface area contributed by atoms with E-state index in [1.54, 1.807) is 18.2 Å². The number of nitrogens with one attached hydrogen (secondary N) is 1. The Balaban J connectivity index is 1.58. The maximum absolute atomic E-state index is 11.1. The van der Waals surface area contributed by atoms with Crippen LogP contribution in [0.3, 0.4) is 0 Å². The third kappa shape index (κ3) is 6.17. The van der Waals surface area contributed by atoms with Crippen molar-refractivity contribution in [3.63, 3.8) is 0 Å². The largest absolute Gasteiger partial charge is 0.478 e. The second kappa shape index (κ2) is 10.2. The molecule has 0 spiro atoms. The maximum atomic E-state index is 11.1. The Bertz CT molecular complexity index is 872. The van der Waals surface area contributed by atoms with Gasteiger partial charge in [0.15, 0.2) is 0 Å². The molecule has 6 nitrogen and oxygen atoms in total. The van der Waals surface area contributed by atoms with E-state index in [2.05, 4.69) is 20.2 Å². The zero-order valence-electron chi connectivity index (χ0n) is 15.7. The highest BCUT2D eigenvalue weighted by atomic mass is 16.4. The molecule has 2 aromatic heterocycles. The minimum Gasteiger partial charge on any atom is -0.478 e. The second-order valence-corrected chi connectivity index (χ2v) is 6.48. The molecular formula is C22H24N4O2. The molecule has 144 valence electrons. The minimum atomic E-state index is -0.921. The van der Waals surface area contributed by atoms with Gasteiger partial charge in [-0.05, 0) is 42.5 Å². The number of carboxylic acid groups (broad SMARTS) is 1. The average Bonchev–Trinajstić information content (AvgIpc) is 2.73. The Morgan fingerprint density at radius 2 is 1.68 bits per heavy atom. The molecule has 0 aliphatic carbocycles. The molecule has 3 rings (SSSR count). The summed E-state index contributed by atoms with van der Waals surface area (Å²) in [6, 6.07) is 18.8. The first-order chi connectivity index (χ1) is 13.7. The molecule has 0 saturated heterocycles. The lowest BCUT2D eigenvalue weighted by Crippen LogP contribution is -2.31. The normalized spacial score (nSPS) is 10.8. The van der Waals surface area contributed by atoms with Gasteiger partial charge in [-0.25, -0.2) is 4.79 Å². The van der Waals surface area contributed by atoms with Gasteiger partial charge in [0.25, 0.3) is 0 Å². The van der Waals surface area contributed by atoms with Crippen LogP contribution in [-0.4, -0.2) is 45.6 Å². The predicted molar refractivity (Wildman–Crippen MR) is 109 cm³/mol. The quantitative estimate of drug-likeness (QED) is 0.565. The van der Waals surface area contributed by atoms with Crippen LogP contribution < -0.4 is 5.32 Å². The van der Waals surface area contributed by atoms with E-state index in [1.807, 2.05) is 54.9 Å². The third-order valence-corrected chi connectivity index (χ3v) is 4.39. The van der Waals surface area contributed by atoms with Crippen LogP contribution in [0.25, 0.3) is 0 Å². The van der Waals surface area contributed by atoms with E-state index < -0.39 is 5.97 Å². The highest BCUT2D eigenvalue weighted by Crippen LogP contribution is 2.11. The summed E-state index contributed by atoms with van der Waals surface area (Å²) in [5.41, 5.74) is 3.18. The van der Waals surface area contributed by atoms with E-state index in [9.17, 15) is 4.79 Å². The molecule has 2 N–H and O–H groups in total. The molecule has 0 aliphatic rings. The van der Waals surface area contributed by atoms with E-state index >= 15 is 0 Å². The van der Waals surface area contributed by atoms with Crippen LogP contribution in [0.4, 0.5) is 5.69 Å². The Morgan fingerprint density at radius 1 is 0.929 bits per heavy atom. The predicted octanol–water partition coefficient (Wildman–Crippen LogP) is 3.33. The topological polar surface area (TPSA) is 78.4 Å². The van der Waals surface area contributed by atoms with Gasteiger partial charge < -0.3 is 10.4 Å². The van der Waals surface area contributed by atoms with Gasteiger partial charge in [-0.3, -0.25) is 14.9 Å². The molecule has 1 aromatic carbocycles. The van der Waals surface area contributed by atoms with Crippen molar-refractivity contribution >= 4 is 11.7 Å². The van der Waals surface area contributed by atoms with Crippen molar-refractivity contribution in [2.75, 3.05) is 25.0 Å². The van der Waals surface area contributed by atoms with Gasteiger partial charge in [0.2, 0.25) is 0 Å². The summed E-state index contributed by atoms with van der Waals surface area (Å²) in [7, 11) is 0. The van der Waals surface area contributed by atoms with Crippen LogP contribution in [-0.2, 0) is 13.0 Å². The number of anilines is 1. The standard InChI is InChI=1S/C22H24N4O2/c27-22(28)18-6-5-9-20(16-18)25-13-15-26(17-21-8-2-4-12-24-21)14-10-19-7-1-3-11-23-19/h1-9,11-12,16,25H,10,13-15,17H2,(H,27,28). The number of rotatable bonds is 10. The summed E-state index contributed by atoms with van der Waals surface area (Å²) < 4.78 is 0. The molecule has 0 radical (unpaired) electrons. The summed E-state index contributed by atoms with van der Waals surface area (Å²) in [5.74, 6) is -0.921. The van der Waals surface area contributed by atoms with Gasteiger partial charge in [0.05, 0.1) is 11.3 Å². The Hall–Kier alpha value is -3.25. The lowest BCUT2D eigenvalue weighted by atomic mass is 10.2. The lowest BCUT2D eigenvalue weighted by molar-refractivity contribution is 0.0697. The molecule has 3 aromatic rings. The van der Waals surface area contributed by atoms with E-state index in [0.29, 0.717) is 6.54 Å². The van der Waals surface area contributed by atoms with E-state index in [4.69, 9.17) is 5.11 Å². The zero-order chi connectivity index (χ0) is 19.6. The Kier molecular flexibility index (Phi) is 7.09. The first-order valence-corrected chi connectivity index (χ1v) is 9.30. The van der Waals surface area contributed by atoms with Gasteiger partial charge in [0, 0.05) is 56.4 Å². The molecule has 0 unspecified atom stereocenters. The Morgan fingerprint density at radius 3 is 2.36 bits per heavy atom. The van der Waals surface area contributed by atoms with Crippen LogP contribution in [0.1, 0.15) is 21.7 Å². The highest BCUT2D eigenvalue weighted by molar-refractivity contribution is 5.88. The van der Waals surface area contributed by atoms with E-state index in [0.717, 1.165) is 43.1 Å². The smallest absolute Gasteiger partial charge is 0.335 e. The fraction of sp³-hybridized carbons (Fsp3) is 0.227. The van der Waals surface area contributed by atoms with Gasteiger partial charge in [-0.1, -0.05) is 18.2 Å². The lowest BCUT2D eigenvalue weighted by Gasteiger charge is -2.22. The third-order valence-electron chi connectivity index (χ3n) is 4.39. The van der Waals surface area contributed by atoms with Crippen molar-refractivity contribution in [2.24, 2.45) is 0 Å². The molecule has 2 heterocycles. The second-order valence-electron chi connectivity index (χ2n) is 6.48. The molecule has 0 fully saturated rings. The molecule has 0 saturated carbocycles. The number of hydrogen-bond acceptors (Lipinski definition) is 5. The number of benzene rings is 1. The number of hydrogen-bond donors (Lipinski definition) is 2. The zero-order valence-corrected chi connectivity index (χ0v) is 15.7. The van der Waals surface area contributed by atoms with Crippen molar-refractivity contribution in [2.45, 2.75) is 13.0 Å². The fourth-order valence-electron chi connectivity index (χ4n) is 2.93. The van der Waals surface area contributed by atoms with Gasteiger partial charge in [0.1, 0.15) is 0 Å². The SMILES string of the molecule is O=C(O)c1cccc(NCCN(CCc2ccccn2)Cc2ccccn2)c1. The van der Waals surface area contributed by atoms with Crippen LogP contribution >= 0.6 is 0 Å². The first kappa shape index (κ1) is 19.5. The number of carboxylic acids is 1. The molecule has 0 amide bonds. The molecule has 0 atom stereocenters. The van der Waals surface area contributed by atoms with Gasteiger partial charge in [-0.2, -0.15) is 0 Å². The average molecular weight is 376 g/mol. The first-order valence-electron chi connectivity index (χ1n) is 9.30.